The molecule has 3 heterocycles. The Balaban J connectivity index is 0.000000359. The van der Waals surface area contributed by atoms with Crippen molar-refractivity contribution in [3.63, 3.8) is 0 Å². The number of rotatable bonds is 31. The van der Waals surface area contributed by atoms with E-state index < -0.39 is 83.6 Å². The number of nitrogens with two attached hydrogens (primary N) is 1. The first-order valence-electron chi connectivity index (χ1n) is 40.7. The quantitative estimate of drug-likeness (QED) is 0.0134. The van der Waals surface area contributed by atoms with Crippen molar-refractivity contribution in [3.8, 4) is 0 Å². The number of carboxylic acids is 2. The lowest BCUT2D eigenvalue weighted by Gasteiger charge is -2.28. The summed E-state index contributed by atoms with van der Waals surface area (Å²) in [5, 5.41) is 64.3. The zero-order chi connectivity index (χ0) is 83.2. The molecule has 0 aromatic carbocycles. The molecule has 3 aliphatic heterocycles. The first-order chi connectivity index (χ1) is 52.7. The summed E-state index contributed by atoms with van der Waals surface area (Å²) >= 11 is 0. The number of allylic oxidation sites excluding steroid dienone is 3. The smallest absolute Gasteiger partial charge is 0.332 e. The number of hydrogen-bond donors (Lipinski definition) is 10. The number of aliphatic hydroxyl groups is 4. The third-order valence-electron chi connectivity index (χ3n) is 22.1. The standard InChI is InChI=1S/C23H38N2O4.C21H32N2O5.C14H21NO4.C10H18O2.C8H13NO2.C6H10O3.CH3F/c1-5-8-9-10-11-12-17(4)15-25-16-19(26)13-20(25)21(27)24-23(14-18(23)6-2)22(28)29-7-3;1-3-28-20(27)21-12-15(21)10-8-6-4-5-7-9-14(2)19(26)23-13-16(24)11-17(23)18(25)22-21;1-3-10-8-14(10,13(18)19-4-2)15-12(17)9-5-6-11(16)7-9;1-3-4-5-6-7-8-9(2)10(11)12;1-3-6-5-8(6,9)7(10)11-4-2;7-5-2-1-4(3-5)6(8)9;1-2/h5-6,17-20,26H,1-2,7-16H2,3-4H3,(H,24,27);8,10,14-17,24H,3-7,9,11-13H2,1-2H3,(H,22,25);3,9-11,16H,1,4-8H2,2H3,(H,15,17);3,9H,1,4-8H2,2H3,(H,11,12);3,6H,1,4-5,9H2,2H3;4-5,7H,1-3H2,(H,8,9);1H3/b;10-8-;;;;;/t17-,18+,19+,20-,23+;14-,15+,16+,17-,21+;9-,10?,11-,14+;9-;6?,8-;4-,5-;/m000010./s1/i;;;;;;1D. The molecule has 26 nitrogen and oxygen atoms in total. The van der Waals surface area contributed by atoms with Gasteiger partial charge in [0.2, 0.25) is 23.6 Å². The molecule has 0 bridgehead atoms. The number of aliphatic hydroxyl groups excluding tert-OH is 4. The number of hydrogen-bond acceptors (Lipinski definition) is 20. The maximum absolute atomic E-state index is 13.0. The molecule has 2 unspecified atom stereocenters. The van der Waals surface area contributed by atoms with Crippen LogP contribution in [0.15, 0.2) is 75.4 Å². The van der Waals surface area contributed by atoms with Gasteiger partial charge < -0.3 is 76.2 Å². The number of esters is 4. The fraction of sp³-hybridized carbons (Fsp3) is 0.735. The Bertz CT molecular complexity index is 3070. The first-order valence-corrected chi connectivity index (χ1v) is 40.0. The molecular weight excluding hydrogens is 1420 g/mol. The average Bonchev–Trinajstić information content (AvgIpc) is 1.59. The number of alkyl halides is 1. The van der Waals surface area contributed by atoms with Crippen LogP contribution in [-0.2, 0) is 66.9 Å². The average molecular weight is 1560 g/mol. The number of aliphatic carboxylic acids is 2. The maximum atomic E-state index is 13.0. The molecule has 6 aliphatic carbocycles. The molecule has 0 spiro atoms. The minimum absolute atomic E-state index is 0.0539. The lowest BCUT2D eigenvalue weighted by Crippen LogP contribution is -2.54. The van der Waals surface area contributed by atoms with Crippen LogP contribution in [0.5, 0.6) is 0 Å². The maximum Gasteiger partial charge on any atom is 0.332 e. The van der Waals surface area contributed by atoms with Gasteiger partial charge in [-0.2, -0.15) is 0 Å². The highest BCUT2D eigenvalue weighted by Crippen LogP contribution is 2.49. The minimum atomic E-state index is -1.04. The summed E-state index contributed by atoms with van der Waals surface area (Å²) in [6.45, 7) is 33.9. The van der Waals surface area contributed by atoms with E-state index in [0.717, 1.165) is 90.0 Å². The van der Waals surface area contributed by atoms with E-state index in [4.69, 9.17) is 41.4 Å². The molecule has 9 aliphatic rings. The Morgan fingerprint density at radius 2 is 1.15 bits per heavy atom. The highest BCUT2D eigenvalue weighted by atomic mass is 19.1. The first kappa shape index (κ1) is 95.2. The Hall–Kier alpha value is -7.17. The van der Waals surface area contributed by atoms with Crippen molar-refractivity contribution >= 4 is 59.4 Å². The molecule has 11 N–H and O–H groups in total. The van der Waals surface area contributed by atoms with Crippen molar-refractivity contribution in [1.82, 2.24) is 25.8 Å². The zero-order valence-corrected chi connectivity index (χ0v) is 66.7. The summed E-state index contributed by atoms with van der Waals surface area (Å²) in [7, 11) is -1.00. The number of carbonyl (C=O) groups is 10. The van der Waals surface area contributed by atoms with Crippen LogP contribution in [0, 0.1) is 53.3 Å². The number of likely N-dealkylation sites (tertiary alicyclic amines) is 1. The SMILES string of the molecule is C=CC1C[C@]1(N)C(=O)OCC.C=CC1C[C@]1(NC(=O)[C@H]1CC[C@H](O)C1)C(=O)OCC.C=CCCCCC[C@H](C)C(=O)O.C=CCCCCC[C@H](C)CN1C[C@H](O)C[C@H]1C(=O)N[C@]1(C(=O)OCC)C[C@H]1C=C.CCOC(=O)[C@@]12C[C@H]1/C=C\CCCCC[C@H](C)C(=O)N1C[C@H](O)C[C@H]1C(=O)N2.O=C(O)[C@H]1CC[C@H](O)C1.[2H]CF. The number of halogens is 1. The number of fused-ring (bicyclic) bond motifs is 2. The van der Waals surface area contributed by atoms with E-state index in [1.54, 1.807) is 52.8 Å². The highest BCUT2D eigenvalue weighted by molar-refractivity contribution is 5.96. The Morgan fingerprint density at radius 1 is 0.636 bits per heavy atom. The molecule has 624 valence electrons. The third-order valence-corrected chi connectivity index (χ3v) is 22.1. The van der Waals surface area contributed by atoms with Crippen molar-refractivity contribution in [2.45, 2.75) is 280 Å². The van der Waals surface area contributed by atoms with Gasteiger partial charge in [-0.05, 0) is 162 Å². The number of carboxylic acid groups (broad SMARTS) is 2. The van der Waals surface area contributed by atoms with Crippen LogP contribution in [0.4, 0.5) is 4.39 Å². The van der Waals surface area contributed by atoms with Gasteiger partial charge in [-0.1, -0.05) is 102 Å². The summed E-state index contributed by atoms with van der Waals surface area (Å²) in [5.74, 6) is -4.33. The largest absolute Gasteiger partial charge is 0.481 e. The summed E-state index contributed by atoms with van der Waals surface area (Å²) in [6, 6.07) is -1.16. The molecular formula is C83H135FN6O20. The van der Waals surface area contributed by atoms with Gasteiger partial charge in [-0.3, -0.25) is 42.9 Å². The number of carbonyl (C=O) groups excluding carboxylic acids is 8. The van der Waals surface area contributed by atoms with Gasteiger partial charge in [0.15, 0.2) is 0 Å². The van der Waals surface area contributed by atoms with Gasteiger partial charge in [0.05, 0.1) is 77.2 Å². The number of nitrogens with zero attached hydrogens (tertiary/aromatic N) is 2. The molecule has 9 rings (SSSR count). The van der Waals surface area contributed by atoms with Crippen LogP contribution in [-0.4, -0.2) is 212 Å². The normalized spacial score (nSPS) is 31.6. The van der Waals surface area contributed by atoms with E-state index in [1.165, 1.54) is 17.7 Å². The second kappa shape index (κ2) is 48.7. The zero-order valence-electron chi connectivity index (χ0n) is 67.7. The van der Waals surface area contributed by atoms with E-state index in [0.29, 0.717) is 96.3 Å². The predicted octanol–water partition coefficient (Wildman–Crippen LogP) is 9.25. The van der Waals surface area contributed by atoms with Crippen molar-refractivity contribution in [3.05, 3.63) is 75.4 Å². The topological polar surface area (TPSA) is 398 Å². The Kier molecular flexibility index (Phi) is 42.1. The van der Waals surface area contributed by atoms with Crippen molar-refractivity contribution < 1.29 is 103 Å². The number of ether oxygens (including phenoxy) is 4. The van der Waals surface area contributed by atoms with Crippen LogP contribution < -0.4 is 21.7 Å². The fourth-order valence-corrected chi connectivity index (χ4v) is 14.8. The Labute approximate surface area is 653 Å². The van der Waals surface area contributed by atoms with Gasteiger partial charge in [0, 0.05) is 61.6 Å². The molecule has 6 saturated carbocycles. The minimum Gasteiger partial charge on any atom is -0.481 e. The lowest BCUT2D eigenvalue weighted by molar-refractivity contribution is -0.150. The summed E-state index contributed by atoms with van der Waals surface area (Å²) in [4.78, 5) is 123. The second-order valence-corrected chi connectivity index (χ2v) is 30.8. The molecule has 19 atom stereocenters. The number of amides is 4. The van der Waals surface area contributed by atoms with E-state index in [-0.39, 0.29) is 115 Å². The molecule has 2 saturated heterocycles. The fourth-order valence-electron chi connectivity index (χ4n) is 14.8. The van der Waals surface area contributed by atoms with Gasteiger partial charge in [-0.25, -0.2) is 14.4 Å². The molecule has 4 amide bonds. The molecule has 110 heavy (non-hydrogen) atoms. The lowest BCUT2D eigenvalue weighted by atomic mass is 10.0. The predicted molar refractivity (Wildman–Crippen MR) is 416 cm³/mol. The van der Waals surface area contributed by atoms with Crippen LogP contribution >= 0.6 is 0 Å². The second-order valence-electron chi connectivity index (χ2n) is 30.8. The van der Waals surface area contributed by atoms with Gasteiger partial charge in [-0.15, -0.1) is 32.9 Å². The van der Waals surface area contributed by atoms with Gasteiger partial charge >= 0.3 is 35.8 Å². The van der Waals surface area contributed by atoms with E-state index in [1.807, 2.05) is 25.2 Å². The Morgan fingerprint density at radius 3 is 1.62 bits per heavy atom. The van der Waals surface area contributed by atoms with Crippen molar-refractivity contribution in [2.24, 2.45) is 59.0 Å². The molecule has 27 heteroatoms. The molecule has 8 fully saturated rings. The number of β-amino-alcohol motifs (C(OH)–C–C–N with tert-alkyl or cyclic N) is 1. The van der Waals surface area contributed by atoms with E-state index in [9.17, 15) is 67.7 Å². The summed E-state index contributed by atoms with van der Waals surface area (Å²) < 4.78 is 35.7. The van der Waals surface area contributed by atoms with Gasteiger partial charge in [0.25, 0.3) is 0 Å². The van der Waals surface area contributed by atoms with Crippen LogP contribution in [0.2, 0.25) is 0 Å². The van der Waals surface area contributed by atoms with Crippen molar-refractivity contribution in [1.29, 1.82) is 0 Å². The molecule has 0 radical (unpaired) electrons. The monoisotopic (exact) mass is 1560 g/mol. The summed E-state index contributed by atoms with van der Waals surface area (Å²) in [5.41, 5.74) is 1.99. The summed E-state index contributed by atoms with van der Waals surface area (Å²) in [6.07, 6.45) is 32.9. The van der Waals surface area contributed by atoms with Crippen LogP contribution in [0.3, 0.4) is 0 Å². The molecule has 0 aromatic rings. The van der Waals surface area contributed by atoms with Crippen LogP contribution in [0.25, 0.3) is 0 Å². The van der Waals surface area contributed by atoms with E-state index in [2.05, 4.69) is 66.7 Å². The van der Waals surface area contributed by atoms with Crippen LogP contribution in [0.1, 0.15) is 223 Å². The van der Waals surface area contributed by atoms with Crippen molar-refractivity contribution in [2.75, 3.05) is 53.2 Å². The number of unbranched alkanes of at least 4 members (excludes halogenated alkanes) is 6. The third kappa shape index (κ3) is 29.7. The molecule has 0 aromatic heterocycles. The number of nitrogens with one attached hydrogen (secondary N) is 3. The van der Waals surface area contributed by atoms with Gasteiger partial charge in [0.1, 0.15) is 28.2 Å². The highest BCUT2D eigenvalue weighted by Gasteiger charge is 2.64. The van der Waals surface area contributed by atoms with E-state index >= 15 is 0 Å².